The maximum absolute atomic E-state index is 11.2. The molecular formula is C20H25N9O2. The lowest BCUT2D eigenvalue weighted by Gasteiger charge is -2.27. The van der Waals surface area contributed by atoms with Gasteiger partial charge in [-0.05, 0) is 5.56 Å². The van der Waals surface area contributed by atoms with E-state index in [0.717, 1.165) is 38.2 Å². The number of nitrogens with two attached hydrogens (primary N) is 1. The number of anilines is 2. The molecule has 31 heavy (non-hydrogen) atoms. The zero-order chi connectivity index (χ0) is 21.9. The van der Waals surface area contributed by atoms with Crippen LogP contribution < -0.4 is 27.8 Å². The van der Waals surface area contributed by atoms with E-state index in [9.17, 15) is 9.59 Å². The highest BCUT2D eigenvalue weighted by atomic mass is 16.1. The standard InChI is InChI=1S/C16H19N5O.C4H6N4O/c22-16-10-15(17-12-18-16)20-19-14-6-8-21(9-7-14)11-13-4-2-1-3-5-13;5-8-3-1-4(9)7-2-6-3/h1-5,10,12H,6-9,11H2,(H2,17,18,20,22);1-2H,5H2,(H2,6,7,8,9). The predicted molar refractivity (Wildman–Crippen MR) is 120 cm³/mol. The molecule has 11 heteroatoms. The van der Waals surface area contributed by atoms with Crippen LogP contribution in [0.4, 0.5) is 11.6 Å². The molecule has 4 rings (SSSR count). The minimum Gasteiger partial charge on any atom is -0.313 e. The highest BCUT2D eigenvalue weighted by Crippen LogP contribution is 2.12. The van der Waals surface area contributed by atoms with Crippen molar-refractivity contribution >= 4 is 17.3 Å². The van der Waals surface area contributed by atoms with Crippen molar-refractivity contribution in [1.29, 1.82) is 0 Å². The SMILES string of the molecule is NNc1cc(=O)[nH]cn1.O=c1cc(NN=C2CCN(Cc3ccccc3)CC2)nc[nH]1. The lowest BCUT2D eigenvalue weighted by Crippen LogP contribution is -2.33. The minimum atomic E-state index is -0.224. The van der Waals surface area contributed by atoms with Gasteiger partial charge in [-0.3, -0.25) is 19.9 Å². The second kappa shape index (κ2) is 11.4. The van der Waals surface area contributed by atoms with Crippen molar-refractivity contribution in [2.45, 2.75) is 19.4 Å². The topological polar surface area (TPSA) is 157 Å². The number of aromatic amines is 2. The van der Waals surface area contributed by atoms with Crippen LogP contribution in [0, 0.1) is 0 Å². The zero-order valence-corrected chi connectivity index (χ0v) is 16.9. The van der Waals surface area contributed by atoms with Crippen molar-refractivity contribution in [2.75, 3.05) is 23.9 Å². The molecule has 6 N–H and O–H groups in total. The number of aromatic nitrogens is 4. The van der Waals surface area contributed by atoms with Crippen LogP contribution in [0.2, 0.25) is 0 Å². The summed E-state index contributed by atoms with van der Waals surface area (Å²) < 4.78 is 0. The van der Waals surface area contributed by atoms with E-state index in [1.165, 1.54) is 30.4 Å². The molecule has 0 amide bonds. The van der Waals surface area contributed by atoms with E-state index >= 15 is 0 Å². The van der Waals surface area contributed by atoms with Crippen LogP contribution in [0.1, 0.15) is 18.4 Å². The minimum absolute atomic E-state index is 0.185. The Labute approximate surface area is 178 Å². The van der Waals surface area contributed by atoms with Crippen LogP contribution >= 0.6 is 0 Å². The maximum Gasteiger partial charge on any atom is 0.252 e. The van der Waals surface area contributed by atoms with Gasteiger partial charge in [-0.1, -0.05) is 30.3 Å². The van der Waals surface area contributed by atoms with Crippen LogP contribution in [0.15, 0.2) is 69.8 Å². The van der Waals surface area contributed by atoms with Crippen LogP contribution in [0.25, 0.3) is 0 Å². The fraction of sp³-hybridized carbons (Fsp3) is 0.250. The van der Waals surface area contributed by atoms with Crippen molar-refractivity contribution in [3.05, 3.63) is 81.4 Å². The first kappa shape index (κ1) is 21.9. The number of rotatable bonds is 5. The Bertz CT molecular complexity index is 1090. The normalized spacial score (nSPS) is 13.6. The second-order valence-corrected chi connectivity index (χ2v) is 6.79. The Morgan fingerprint density at radius 2 is 1.58 bits per heavy atom. The van der Waals surface area contributed by atoms with E-state index < -0.39 is 0 Å². The number of nitrogens with zero attached hydrogens (tertiary/aromatic N) is 4. The number of hydrogen-bond acceptors (Lipinski definition) is 9. The summed E-state index contributed by atoms with van der Waals surface area (Å²) in [5, 5.41) is 4.36. The number of likely N-dealkylation sites (tertiary alicyclic amines) is 1. The molecule has 1 aliphatic rings. The number of hydrazine groups is 1. The highest BCUT2D eigenvalue weighted by Gasteiger charge is 2.15. The summed E-state index contributed by atoms with van der Waals surface area (Å²) in [6.07, 6.45) is 4.51. The van der Waals surface area contributed by atoms with E-state index in [4.69, 9.17) is 5.84 Å². The van der Waals surface area contributed by atoms with Crippen molar-refractivity contribution < 1.29 is 0 Å². The Hall–Kier alpha value is -3.83. The van der Waals surface area contributed by atoms with Crippen molar-refractivity contribution in [2.24, 2.45) is 10.9 Å². The Morgan fingerprint density at radius 1 is 0.968 bits per heavy atom. The van der Waals surface area contributed by atoms with Crippen LogP contribution in [0.3, 0.4) is 0 Å². The van der Waals surface area contributed by atoms with Gasteiger partial charge in [-0.15, -0.1) is 0 Å². The summed E-state index contributed by atoms with van der Waals surface area (Å²) in [7, 11) is 0. The molecule has 0 spiro atoms. The first-order chi connectivity index (χ1) is 15.1. The van der Waals surface area contributed by atoms with Crippen LogP contribution in [-0.2, 0) is 6.54 Å². The van der Waals surface area contributed by atoms with Crippen molar-refractivity contribution in [1.82, 2.24) is 24.8 Å². The number of nitrogen functional groups attached to an aromatic ring is 1. The second-order valence-electron chi connectivity index (χ2n) is 6.79. The van der Waals surface area contributed by atoms with Crippen LogP contribution in [0.5, 0.6) is 0 Å². The van der Waals surface area contributed by atoms with E-state index in [2.05, 4.69) is 65.1 Å². The summed E-state index contributed by atoms with van der Waals surface area (Å²) in [6, 6.07) is 13.2. The van der Waals surface area contributed by atoms with Crippen molar-refractivity contribution in [3.8, 4) is 0 Å². The van der Waals surface area contributed by atoms with E-state index in [0.29, 0.717) is 11.6 Å². The lowest BCUT2D eigenvalue weighted by atomic mass is 10.1. The Morgan fingerprint density at radius 3 is 2.16 bits per heavy atom. The number of nitrogens with one attached hydrogen (secondary N) is 4. The number of benzene rings is 1. The molecule has 0 unspecified atom stereocenters. The van der Waals surface area contributed by atoms with Gasteiger partial charge in [0.2, 0.25) is 0 Å². The lowest BCUT2D eigenvalue weighted by molar-refractivity contribution is 0.266. The van der Waals surface area contributed by atoms with E-state index in [-0.39, 0.29) is 11.1 Å². The quantitative estimate of drug-likeness (QED) is 0.299. The molecule has 11 nitrogen and oxygen atoms in total. The molecule has 162 valence electrons. The van der Waals surface area contributed by atoms with Gasteiger partial charge in [0, 0.05) is 50.3 Å². The summed E-state index contributed by atoms with van der Waals surface area (Å²) >= 11 is 0. The summed E-state index contributed by atoms with van der Waals surface area (Å²) in [5.41, 5.74) is 7.14. The molecule has 0 radical (unpaired) electrons. The first-order valence-corrected chi connectivity index (χ1v) is 9.76. The summed E-state index contributed by atoms with van der Waals surface area (Å²) in [5.74, 6) is 5.79. The zero-order valence-electron chi connectivity index (χ0n) is 16.9. The fourth-order valence-corrected chi connectivity index (χ4v) is 2.94. The van der Waals surface area contributed by atoms with Gasteiger partial charge < -0.3 is 15.4 Å². The third-order valence-electron chi connectivity index (χ3n) is 4.52. The Balaban J connectivity index is 0.000000254. The van der Waals surface area contributed by atoms with Gasteiger partial charge in [-0.25, -0.2) is 15.8 Å². The molecule has 1 aliphatic heterocycles. The van der Waals surface area contributed by atoms with Gasteiger partial charge >= 0.3 is 0 Å². The van der Waals surface area contributed by atoms with Gasteiger partial charge in [0.25, 0.3) is 11.1 Å². The Kier molecular flexibility index (Phi) is 8.03. The van der Waals surface area contributed by atoms with Crippen LogP contribution in [-0.4, -0.2) is 43.6 Å². The maximum atomic E-state index is 11.2. The summed E-state index contributed by atoms with van der Waals surface area (Å²) in [4.78, 5) is 36.6. The molecule has 0 aliphatic carbocycles. The van der Waals surface area contributed by atoms with E-state index in [1.54, 1.807) is 0 Å². The summed E-state index contributed by atoms with van der Waals surface area (Å²) in [6.45, 7) is 2.98. The monoisotopic (exact) mass is 423 g/mol. The average Bonchev–Trinajstić information content (AvgIpc) is 2.80. The number of piperidine rings is 1. The molecule has 3 aromatic rings. The number of hydrogen-bond donors (Lipinski definition) is 5. The average molecular weight is 423 g/mol. The molecule has 0 atom stereocenters. The number of H-pyrrole nitrogens is 2. The molecule has 1 aromatic carbocycles. The third kappa shape index (κ3) is 7.49. The van der Waals surface area contributed by atoms with E-state index in [1.807, 2.05) is 6.07 Å². The third-order valence-corrected chi connectivity index (χ3v) is 4.52. The van der Waals surface area contributed by atoms with Gasteiger partial charge in [0.15, 0.2) is 5.82 Å². The van der Waals surface area contributed by atoms with Crippen molar-refractivity contribution in [3.63, 3.8) is 0 Å². The molecule has 0 bridgehead atoms. The highest BCUT2D eigenvalue weighted by molar-refractivity contribution is 5.86. The van der Waals surface area contributed by atoms with Gasteiger partial charge in [0.05, 0.1) is 12.7 Å². The smallest absolute Gasteiger partial charge is 0.252 e. The molecule has 1 saturated heterocycles. The number of hydrazone groups is 1. The predicted octanol–water partition coefficient (Wildman–Crippen LogP) is 0.889. The molecule has 2 aromatic heterocycles. The van der Waals surface area contributed by atoms with Gasteiger partial charge in [-0.2, -0.15) is 5.10 Å². The molecule has 0 saturated carbocycles. The first-order valence-electron chi connectivity index (χ1n) is 9.76. The molecular weight excluding hydrogens is 398 g/mol. The van der Waals surface area contributed by atoms with Gasteiger partial charge in [0.1, 0.15) is 5.82 Å². The molecule has 1 fully saturated rings. The fourth-order valence-electron chi connectivity index (χ4n) is 2.94. The molecule has 3 heterocycles. The largest absolute Gasteiger partial charge is 0.313 e.